The number of methoxy groups -OCH3 is 1. The third-order valence-corrected chi connectivity index (χ3v) is 6.70. The molecule has 4 rings (SSSR count). The van der Waals surface area contributed by atoms with Crippen LogP contribution in [0.2, 0.25) is 0 Å². The minimum absolute atomic E-state index is 0.0373. The molecule has 1 aromatic heterocycles. The first-order chi connectivity index (χ1) is 15.6. The van der Waals surface area contributed by atoms with E-state index < -0.39 is 40.0 Å². The van der Waals surface area contributed by atoms with Gasteiger partial charge in [0.05, 0.1) is 17.7 Å². The molecule has 2 atom stereocenters. The Morgan fingerprint density at radius 2 is 2.03 bits per heavy atom. The quantitative estimate of drug-likeness (QED) is 0.642. The molecule has 7 nitrogen and oxygen atoms in total. The summed E-state index contributed by atoms with van der Waals surface area (Å²) in [5, 5.41) is 10.7. The molecule has 2 aromatic rings. The van der Waals surface area contributed by atoms with Gasteiger partial charge in [0.1, 0.15) is 11.6 Å². The lowest BCUT2D eigenvalue weighted by Crippen LogP contribution is -2.52. The number of carbonyl (C=O) groups excluding carboxylic acids is 2. The van der Waals surface area contributed by atoms with Crippen molar-refractivity contribution in [2.45, 2.75) is 44.7 Å². The van der Waals surface area contributed by atoms with Crippen LogP contribution in [-0.2, 0) is 16.7 Å². The van der Waals surface area contributed by atoms with Crippen LogP contribution in [0.5, 0.6) is 5.75 Å². The van der Waals surface area contributed by atoms with Crippen LogP contribution >= 0.6 is 0 Å². The molecule has 1 saturated carbocycles. The highest BCUT2D eigenvalue weighted by Gasteiger charge is 2.60. The molecule has 33 heavy (non-hydrogen) atoms. The predicted molar refractivity (Wildman–Crippen MR) is 116 cm³/mol. The molecule has 1 aromatic carbocycles. The Labute approximate surface area is 189 Å². The van der Waals surface area contributed by atoms with Crippen LogP contribution < -0.4 is 5.43 Å². The molecule has 0 unspecified atom stereocenters. The van der Waals surface area contributed by atoms with Gasteiger partial charge in [0, 0.05) is 44.3 Å². The number of fused-ring (bicyclic) bond motifs is 2. The summed E-state index contributed by atoms with van der Waals surface area (Å²) in [6.45, 7) is 4.52. The zero-order valence-electron chi connectivity index (χ0n) is 18.7. The number of nitrogens with zero attached hydrogens (tertiary/aromatic N) is 2. The molecule has 1 amide bonds. The van der Waals surface area contributed by atoms with Crippen molar-refractivity contribution in [3.8, 4) is 5.75 Å². The van der Waals surface area contributed by atoms with Crippen LogP contribution in [0.25, 0.3) is 0 Å². The van der Waals surface area contributed by atoms with E-state index in [-0.39, 0.29) is 41.6 Å². The standard InChI is InChI=1S/C24H26F2N2O5/c1-13(2)27-12-24(9-15(24)11-33-3)28-10-17(21(30)22(31)20(28)23(27)32)19(29)7-5-14-4-6-16(25)8-18(14)26/h4,6,8,10,13,15,31H,5,7,9,11-12H2,1-3H3/t15-,24-/m0/s1. The van der Waals surface area contributed by atoms with E-state index in [1.807, 2.05) is 13.8 Å². The van der Waals surface area contributed by atoms with Gasteiger partial charge >= 0.3 is 0 Å². The number of carbonyl (C=O) groups is 2. The van der Waals surface area contributed by atoms with Gasteiger partial charge in [0.15, 0.2) is 17.2 Å². The molecule has 0 bridgehead atoms. The van der Waals surface area contributed by atoms with Crippen LogP contribution in [0, 0.1) is 17.6 Å². The lowest BCUT2D eigenvalue weighted by atomic mass is 9.99. The first-order valence-electron chi connectivity index (χ1n) is 10.9. The highest BCUT2D eigenvalue weighted by molar-refractivity contribution is 6.00. The van der Waals surface area contributed by atoms with E-state index in [9.17, 15) is 28.3 Å². The fourth-order valence-electron chi connectivity index (χ4n) is 4.73. The third kappa shape index (κ3) is 3.84. The van der Waals surface area contributed by atoms with Crippen LogP contribution in [0.3, 0.4) is 0 Å². The summed E-state index contributed by atoms with van der Waals surface area (Å²) in [5.41, 5.74) is -1.74. The number of hydrogen-bond acceptors (Lipinski definition) is 5. The number of rotatable bonds is 7. The van der Waals surface area contributed by atoms with Gasteiger partial charge in [0.25, 0.3) is 5.91 Å². The third-order valence-electron chi connectivity index (χ3n) is 6.70. The number of Topliss-reactive ketones (excluding diaryl/α,β-unsaturated/α-hetero) is 1. The van der Waals surface area contributed by atoms with Gasteiger partial charge in [-0.1, -0.05) is 6.07 Å². The van der Waals surface area contributed by atoms with E-state index in [1.165, 1.54) is 12.3 Å². The number of pyridine rings is 1. The van der Waals surface area contributed by atoms with Crippen LogP contribution in [0.15, 0.2) is 29.2 Å². The minimum atomic E-state index is -0.927. The van der Waals surface area contributed by atoms with Crippen molar-refractivity contribution in [1.82, 2.24) is 9.47 Å². The largest absolute Gasteiger partial charge is 0.503 e. The highest BCUT2D eigenvalue weighted by atomic mass is 19.1. The second-order valence-corrected chi connectivity index (χ2v) is 9.08. The zero-order chi connectivity index (χ0) is 24.1. The van der Waals surface area contributed by atoms with Gasteiger partial charge < -0.3 is 19.3 Å². The van der Waals surface area contributed by atoms with Gasteiger partial charge in [-0.15, -0.1) is 0 Å². The summed E-state index contributed by atoms with van der Waals surface area (Å²) < 4.78 is 33.9. The van der Waals surface area contributed by atoms with Crippen molar-refractivity contribution < 1.29 is 28.2 Å². The summed E-state index contributed by atoms with van der Waals surface area (Å²) in [5.74, 6) is -3.26. The fraction of sp³-hybridized carbons (Fsp3) is 0.458. The van der Waals surface area contributed by atoms with Crippen molar-refractivity contribution in [2.24, 2.45) is 5.92 Å². The number of aromatic hydroxyl groups is 1. The van der Waals surface area contributed by atoms with Crippen molar-refractivity contribution in [3.63, 3.8) is 0 Å². The predicted octanol–water partition coefficient (Wildman–Crippen LogP) is 2.87. The molecule has 2 heterocycles. The Morgan fingerprint density at radius 3 is 2.67 bits per heavy atom. The van der Waals surface area contributed by atoms with Crippen LogP contribution in [0.1, 0.15) is 53.1 Å². The molecule has 1 fully saturated rings. The number of benzene rings is 1. The molecule has 1 aliphatic carbocycles. The number of amides is 1. The second-order valence-electron chi connectivity index (χ2n) is 9.08. The molecule has 2 aliphatic rings. The lowest BCUT2D eigenvalue weighted by molar-refractivity contribution is 0.0543. The smallest absolute Gasteiger partial charge is 0.274 e. The van der Waals surface area contributed by atoms with E-state index in [0.717, 1.165) is 12.1 Å². The average Bonchev–Trinajstić information content (AvgIpc) is 3.44. The first kappa shape index (κ1) is 23.1. The lowest BCUT2D eigenvalue weighted by Gasteiger charge is -2.39. The maximum absolute atomic E-state index is 13.9. The molecule has 1 aliphatic heterocycles. The molecule has 176 valence electrons. The summed E-state index contributed by atoms with van der Waals surface area (Å²) >= 11 is 0. The van der Waals surface area contributed by atoms with Gasteiger partial charge in [-0.05, 0) is 38.3 Å². The minimum Gasteiger partial charge on any atom is -0.503 e. The molecule has 0 saturated heterocycles. The molecule has 0 radical (unpaired) electrons. The van der Waals surface area contributed by atoms with Gasteiger partial charge in [-0.25, -0.2) is 8.78 Å². The number of aryl methyl sites for hydroxylation is 1. The number of ether oxygens (including phenoxy) is 1. The van der Waals surface area contributed by atoms with E-state index in [0.29, 0.717) is 19.6 Å². The highest BCUT2D eigenvalue weighted by Crippen LogP contribution is 2.54. The number of hydrogen-bond donors (Lipinski definition) is 1. The van der Waals surface area contributed by atoms with Crippen molar-refractivity contribution >= 4 is 11.7 Å². The molecule has 1 N–H and O–H groups in total. The maximum atomic E-state index is 13.9. The monoisotopic (exact) mass is 460 g/mol. The van der Waals surface area contributed by atoms with E-state index in [1.54, 1.807) is 16.6 Å². The Bertz CT molecular complexity index is 1190. The molecule has 1 spiro atoms. The van der Waals surface area contributed by atoms with Crippen molar-refractivity contribution in [3.05, 3.63) is 63.1 Å². The van der Waals surface area contributed by atoms with Crippen LogP contribution in [0.4, 0.5) is 8.78 Å². The molecular formula is C24H26F2N2O5. The Hall–Kier alpha value is -3.07. The number of halogens is 2. The number of aromatic nitrogens is 1. The maximum Gasteiger partial charge on any atom is 0.274 e. The summed E-state index contributed by atoms with van der Waals surface area (Å²) in [7, 11) is 1.58. The first-order valence-corrected chi connectivity index (χ1v) is 10.9. The molecular weight excluding hydrogens is 434 g/mol. The zero-order valence-corrected chi connectivity index (χ0v) is 18.7. The van der Waals surface area contributed by atoms with E-state index >= 15 is 0 Å². The summed E-state index contributed by atoms with van der Waals surface area (Å²) in [4.78, 5) is 40.5. The summed E-state index contributed by atoms with van der Waals surface area (Å²) in [6, 6.07) is 2.94. The Morgan fingerprint density at radius 1 is 1.30 bits per heavy atom. The average molecular weight is 460 g/mol. The van der Waals surface area contributed by atoms with Gasteiger partial charge in [-0.3, -0.25) is 14.4 Å². The molecule has 9 heteroatoms. The SMILES string of the molecule is COC[C@@H]1C[C@]12CN(C(C)C)C(=O)c1c(O)c(=O)c(C(=O)CCc3ccc(F)cc3F)cn12. The number of ketones is 1. The Balaban J connectivity index is 1.72. The van der Waals surface area contributed by atoms with E-state index in [2.05, 4.69) is 0 Å². The van der Waals surface area contributed by atoms with E-state index in [4.69, 9.17) is 4.74 Å². The Kier molecular flexibility index (Phi) is 5.86. The second kappa shape index (κ2) is 8.37. The normalized spacial score (nSPS) is 21.6. The van der Waals surface area contributed by atoms with Gasteiger partial charge in [0.2, 0.25) is 5.43 Å². The summed E-state index contributed by atoms with van der Waals surface area (Å²) in [6.07, 6.45) is 1.77. The van der Waals surface area contributed by atoms with Crippen LogP contribution in [-0.4, -0.2) is 52.6 Å². The van der Waals surface area contributed by atoms with Crippen molar-refractivity contribution in [2.75, 3.05) is 20.3 Å². The topological polar surface area (TPSA) is 88.8 Å². The van der Waals surface area contributed by atoms with Crippen molar-refractivity contribution in [1.29, 1.82) is 0 Å². The van der Waals surface area contributed by atoms with Gasteiger partial charge in [-0.2, -0.15) is 0 Å². The fourth-order valence-corrected chi connectivity index (χ4v) is 4.73.